The standard InChI is InChI=1S/C14H23NO4/c16-13(11-9-12(11)14(17)18)15-7-8-19-10-5-3-1-2-4-6-10/h10-12H,1-9H2,(H,15,16)(H,17,18)/t11-,12+/m0/s1. The molecular formula is C14H23NO4. The Labute approximate surface area is 113 Å². The first kappa shape index (κ1) is 14.3. The lowest BCUT2D eigenvalue weighted by molar-refractivity contribution is -0.140. The number of hydrogen-bond donors (Lipinski definition) is 2. The zero-order valence-electron chi connectivity index (χ0n) is 11.3. The van der Waals surface area contributed by atoms with Crippen molar-refractivity contribution in [3.63, 3.8) is 0 Å². The quantitative estimate of drug-likeness (QED) is 0.567. The Kier molecular flexibility index (Phi) is 5.19. The highest BCUT2D eigenvalue weighted by Crippen LogP contribution is 2.38. The van der Waals surface area contributed by atoms with Gasteiger partial charge in [0.1, 0.15) is 0 Å². The molecule has 0 saturated heterocycles. The van der Waals surface area contributed by atoms with E-state index >= 15 is 0 Å². The average Bonchev–Trinajstić information content (AvgIpc) is 3.18. The van der Waals surface area contributed by atoms with Gasteiger partial charge in [-0.15, -0.1) is 0 Å². The number of carbonyl (C=O) groups is 2. The molecule has 0 unspecified atom stereocenters. The van der Waals surface area contributed by atoms with E-state index in [1.165, 1.54) is 25.7 Å². The molecule has 2 aliphatic rings. The van der Waals surface area contributed by atoms with Crippen LogP contribution in [0.2, 0.25) is 0 Å². The minimum Gasteiger partial charge on any atom is -0.481 e. The molecule has 0 heterocycles. The van der Waals surface area contributed by atoms with Crippen LogP contribution in [-0.4, -0.2) is 36.2 Å². The van der Waals surface area contributed by atoms with Gasteiger partial charge >= 0.3 is 5.97 Å². The van der Waals surface area contributed by atoms with Crippen LogP contribution in [0.25, 0.3) is 0 Å². The van der Waals surface area contributed by atoms with Crippen LogP contribution in [0.15, 0.2) is 0 Å². The molecule has 0 radical (unpaired) electrons. The normalized spacial score (nSPS) is 27.6. The van der Waals surface area contributed by atoms with Crippen LogP contribution < -0.4 is 5.32 Å². The number of aliphatic carboxylic acids is 1. The smallest absolute Gasteiger partial charge is 0.307 e. The number of nitrogens with one attached hydrogen (secondary N) is 1. The third-order valence-corrected chi connectivity index (χ3v) is 4.00. The van der Waals surface area contributed by atoms with Gasteiger partial charge in [0.25, 0.3) is 0 Å². The fourth-order valence-electron chi connectivity index (χ4n) is 2.70. The lowest BCUT2D eigenvalue weighted by atomic mass is 10.1. The van der Waals surface area contributed by atoms with E-state index in [1.54, 1.807) is 0 Å². The zero-order chi connectivity index (χ0) is 13.7. The molecule has 0 aromatic heterocycles. The van der Waals surface area contributed by atoms with Crippen molar-refractivity contribution in [2.24, 2.45) is 11.8 Å². The Morgan fingerprint density at radius 3 is 2.37 bits per heavy atom. The minimum atomic E-state index is -0.866. The summed E-state index contributed by atoms with van der Waals surface area (Å²) < 4.78 is 5.76. The first-order valence-corrected chi connectivity index (χ1v) is 7.30. The van der Waals surface area contributed by atoms with Crippen LogP contribution in [0.1, 0.15) is 44.9 Å². The molecule has 5 heteroatoms. The van der Waals surface area contributed by atoms with E-state index in [0.29, 0.717) is 25.7 Å². The Bertz CT molecular complexity index is 323. The average molecular weight is 269 g/mol. The van der Waals surface area contributed by atoms with E-state index < -0.39 is 11.9 Å². The van der Waals surface area contributed by atoms with Gasteiger partial charge in [-0.3, -0.25) is 9.59 Å². The molecule has 2 atom stereocenters. The van der Waals surface area contributed by atoms with Crippen molar-refractivity contribution >= 4 is 11.9 Å². The highest BCUT2D eigenvalue weighted by molar-refractivity contribution is 5.89. The summed E-state index contributed by atoms with van der Waals surface area (Å²) in [6.45, 7) is 1.01. The summed E-state index contributed by atoms with van der Waals surface area (Å²) >= 11 is 0. The van der Waals surface area contributed by atoms with Gasteiger partial charge in [0, 0.05) is 6.54 Å². The molecule has 0 aromatic rings. The molecule has 1 amide bonds. The monoisotopic (exact) mass is 269 g/mol. The maximum absolute atomic E-state index is 11.6. The Hall–Kier alpha value is -1.10. The number of carboxylic acids is 1. The molecular weight excluding hydrogens is 246 g/mol. The molecule has 0 aromatic carbocycles. The van der Waals surface area contributed by atoms with Gasteiger partial charge in [0.15, 0.2) is 0 Å². The third kappa shape index (κ3) is 4.49. The Morgan fingerprint density at radius 1 is 1.11 bits per heavy atom. The van der Waals surface area contributed by atoms with Crippen molar-refractivity contribution < 1.29 is 19.4 Å². The van der Waals surface area contributed by atoms with Crippen LogP contribution in [0, 0.1) is 11.8 Å². The Balaban J connectivity index is 1.54. The molecule has 2 saturated carbocycles. The van der Waals surface area contributed by atoms with Crippen molar-refractivity contribution in [2.45, 2.75) is 51.0 Å². The SMILES string of the molecule is O=C(NCCOC1CCCCCC1)[C@H]1C[C@H]1C(=O)O. The van der Waals surface area contributed by atoms with Crippen molar-refractivity contribution in [2.75, 3.05) is 13.2 Å². The number of rotatable bonds is 6. The molecule has 0 bridgehead atoms. The van der Waals surface area contributed by atoms with Gasteiger partial charge in [-0.25, -0.2) is 0 Å². The topological polar surface area (TPSA) is 75.6 Å². The highest BCUT2D eigenvalue weighted by Gasteiger charge is 2.48. The summed E-state index contributed by atoms with van der Waals surface area (Å²) in [5.41, 5.74) is 0. The van der Waals surface area contributed by atoms with Crippen LogP contribution in [-0.2, 0) is 14.3 Å². The number of ether oxygens (including phenoxy) is 1. The number of carboxylic acid groups (broad SMARTS) is 1. The van der Waals surface area contributed by atoms with Crippen molar-refractivity contribution in [3.05, 3.63) is 0 Å². The minimum absolute atomic E-state index is 0.142. The van der Waals surface area contributed by atoms with Gasteiger partial charge in [0.05, 0.1) is 24.5 Å². The predicted molar refractivity (Wildman–Crippen MR) is 69.7 cm³/mol. The molecule has 5 nitrogen and oxygen atoms in total. The third-order valence-electron chi connectivity index (χ3n) is 4.00. The van der Waals surface area contributed by atoms with Crippen molar-refractivity contribution in [1.29, 1.82) is 0 Å². The Morgan fingerprint density at radius 2 is 1.79 bits per heavy atom. The number of amides is 1. The summed E-state index contributed by atoms with van der Waals surface area (Å²) in [5.74, 6) is -1.80. The van der Waals surface area contributed by atoms with Crippen LogP contribution in [0.3, 0.4) is 0 Å². The van der Waals surface area contributed by atoms with Crippen LogP contribution in [0.4, 0.5) is 0 Å². The number of carbonyl (C=O) groups excluding carboxylic acids is 1. The maximum atomic E-state index is 11.6. The fourth-order valence-corrected chi connectivity index (χ4v) is 2.70. The van der Waals surface area contributed by atoms with Gasteiger partial charge in [0.2, 0.25) is 5.91 Å². The van der Waals surface area contributed by atoms with E-state index in [1.807, 2.05) is 0 Å². The fraction of sp³-hybridized carbons (Fsp3) is 0.857. The molecule has 108 valence electrons. The second kappa shape index (κ2) is 6.89. The first-order chi connectivity index (χ1) is 9.18. The second-order valence-electron chi connectivity index (χ2n) is 5.56. The number of hydrogen-bond acceptors (Lipinski definition) is 3. The molecule has 19 heavy (non-hydrogen) atoms. The zero-order valence-corrected chi connectivity index (χ0v) is 11.3. The second-order valence-corrected chi connectivity index (χ2v) is 5.56. The first-order valence-electron chi connectivity index (χ1n) is 7.30. The molecule has 0 spiro atoms. The van der Waals surface area contributed by atoms with Crippen molar-refractivity contribution in [1.82, 2.24) is 5.32 Å². The van der Waals surface area contributed by atoms with E-state index in [2.05, 4.69) is 5.32 Å². The summed E-state index contributed by atoms with van der Waals surface area (Å²) in [6, 6.07) is 0. The molecule has 2 N–H and O–H groups in total. The van der Waals surface area contributed by atoms with Gasteiger partial charge in [-0.1, -0.05) is 25.7 Å². The van der Waals surface area contributed by atoms with Crippen molar-refractivity contribution in [3.8, 4) is 0 Å². The summed E-state index contributed by atoms with van der Waals surface area (Å²) in [5, 5.41) is 11.5. The largest absolute Gasteiger partial charge is 0.481 e. The van der Waals surface area contributed by atoms with Gasteiger partial charge in [-0.05, 0) is 19.3 Å². The highest BCUT2D eigenvalue weighted by atomic mass is 16.5. The molecule has 2 fully saturated rings. The summed E-state index contributed by atoms with van der Waals surface area (Å²) in [7, 11) is 0. The maximum Gasteiger partial charge on any atom is 0.307 e. The van der Waals surface area contributed by atoms with Crippen LogP contribution >= 0.6 is 0 Å². The van der Waals surface area contributed by atoms with E-state index in [-0.39, 0.29) is 11.8 Å². The lowest BCUT2D eigenvalue weighted by Crippen LogP contribution is -2.30. The summed E-state index contributed by atoms with van der Waals surface area (Å²) in [4.78, 5) is 22.2. The molecule has 2 rings (SSSR count). The van der Waals surface area contributed by atoms with E-state index in [9.17, 15) is 9.59 Å². The van der Waals surface area contributed by atoms with E-state index in [0.717, 1.165) is 12.8 Å². The van der Waals surface area contributed by atoms with Gasteiger partial charge in [-0.2, -0.15) is 0 Å². The molecule has 0 aliphatic heterocycles. The van der Waals surface area contributed by atoms with Gasteiger partial charge < -0.3 is 15.2 Å². The molecule has 2 aliphatic carbocycles. The van der Waals surface area contributed by atoms with Crippen LogP contribution in [0.5, 0.6) is 0 Å². The predicted octanol–water partition coefficient (Wildman–Crippen LogP) is 1.56. The van der Waals surface area contributed by atoms with E-state index in [4.69, 9.17) is 9.84 Å². The lowest BCUT2D eigenvalue weighted by Gasteiger charge is -2.15. The summed E-state index contributed by atoms with van der Waals surface area (Å²) in [6.07, 6.45) is 8.13.